The standard InChI is InChI=1S/C13H25N3O2/c1-4-10(11(14)16-18)12(17)15-9-5-7-13(2,3)8-6-9/h9-10,18H,4-8H2,1-3H3,(H2,14,16)(H,15,17). The van der Waals surface area contributed by atoms with Crippen LogP contribution in [0.2, 0.25) is 0 Å². The molecule has 0 heterocycles. The number of hydrogen-bond acceptors (Lipinski definition) is 3. The van der Waals surface area contributed by atoms with Gasteiger partial charge in [-0.05, 0) is 37.5 Å². The Kier molecular flexibility index (Phi) is 4.99. The van der Waals surface area contributed by atoms with E-state index in [1.807, 2.05) is 6.92 Å². The Morgan fingerprint density at radius 2 is 2.06 bits per heavy atom. The largest absolute Gasteiger partial charge is 0.409 e. The van der Waals surface area contributed by atoms with Crippen LogP contribution in [0.5, 0.6) is 0 Å². The van der Waals surface area contributed by atoms with E-state index in [0.717, 1.165) is 25.7 Å². The number of nitrogens with two attached hydrogens (primary N) is 1. The molecule has 1 rings (SSSR count). The fourth-order valence-corrected chi connectivity index (χ4v) is 2.44. The topological polar surface area (TPSA) is 87.7 Å². The molecule has 0 aromatic heterocycles. The van der Waals surface area contributed by atoms with Gasteiger partial charge in [0.05, 0.1) is 5.92 Å². The monoisotopic (exact) mass is 255 g/mol. The molecule has 4 N–H and O–H groups in total. The highest BCUT2D eigenvalue weighted by molar-refractivity contribution is 6.02. The zero-order chi connectivity index (χ0) is 13.8. The average molecular weight is 255 g/mol. The van der Waals surface area contributed by atoms with E-state index in [1.165, 1.54) is 0 Å². The number of rotatable bonds is 4. The van der Waals surface area contributed by atoms with Crippen molar-refractivity contribution in [3.63, 3.8) is 0 Å². The second-order valence-corrected chi connectivity index (χ2v) is 5.93. The second kappa shape index (κ2) is 6.07. The van der Waals surface area contributed by atoms with Gasteiger partial charge in [0.25, 0.3) is 0 Å². The summed E-state index contributed by atoms with van der Waals surface area (Å²) < 4.78 is 0. The molecule has 1 fully saturated rings. The molecule has 18 heavy (non-hydrogen) atoms. The predicted molar refractivity (Wildman–Crippen MR) is 71.4 cm³/mol. The highest BCUT2D eigenvalue weighted by atomic mass is 16.4. The zero-order valence-electron chi connectivity index (χ0n) is 11.6. The van der Waals surface area contributed by atoms with E-state index in [0.29, 0.717) is 11.8 Å². The molecule has 1 atom stereocenters. The van der Waals surface area contributed by atoms with E-state index < -0.39 is 5.92 Å². The molecule has 5 heteroatoms. The molecule has 0 aromatic rings. The van der Waals surface area contributed by atoms with E-state index in [1.54, 1.807) is 0 Å². The fraction of sp³-hybridized carbons (Fsp3) is 0.846. The summed E-state index contributed by atoms with van der Waals surface area (Å²) in [5.41, 5.74) is 5.90. The van der Waals surface area contributed by atoms with E-state index in [9.17, 15) is 4.79 Å². The summed E-state index contributed by atoms with van der Waals surface area (Å²) in [6.07, 6.45) is 4.80. The summed E-state index contributed by atoms with van der Waals surface area (Å²) in [7, 11) is 0. The van der Waals surface area contributed by atoms with Gasteiger partial charge in [-0.2, -0.15) is 0 Å². The smallest absolute Gasteiger partial charge is 0.231 e. The maximum absolute atomic E-state index is 12.0. The number of nitrogens with zero attached hydrogens (tertiary/aromatic N) is 1. The Balaban J connectivity index is 2.50. The zero-order valence-corrected chi connectivity index (χ0v) is 11.6. The first-order valence-electron chi connectivity index (χ1n) is 6.67. The third-order valence-electron chi connectivity index (χ3n) is 3.88. The Hall–Kier alpha value is -1.26. The molecule has 5 nitrogen and oxygen atoms in total. The third-order valence-corrected chi connectivity index (χ3v) is 3.88. The normalized spacial score (nSPS) is 22.5. The molecule has 0 saturated heterocycles. The van der Waals surface area contributed by atoms with Crippen LogP contribution in [-0.2, 0) is 4.79 Å². The van der Waals surface area contributed by atoms with Gasteiger partial charge in [-0.25, -0.2) is 0 Å². The van der Waals surface area contributed by atoms with Gasteiger partial charge >= 0.3 is 0 Å². The van der Waals surface area contributed by atoms with Crippen LogP contribution >= 0.6 is 0 Å². The molecule has 1 unspecified atom stereocenters. The highest BCUT2D eigenvalue weighted by Crippen LogP contribution is 2.35. The summed E-state index contributed by atoms with van der Waals surface area (Å²) in [4.78, 5) is 12.0. The van der Waals surface area contributed by atoms with Crippen LogP contribution in [0.25, 0.3) is 0 Å². The van der Waals surface area contributed by atoms with Gasteiger partial charge < -0.3 is 16.3 Å². The Labute approximate surface area is 109 Å². The number of carbonyl (C=O) groups excluding carboxylic acids is 1. The molecule has 1 amide bonds. The molecule has 1 saturated carbocycles. The van der Waals surface area contributed by atoms with Crippen LogP contribution in [0, 0.1) is 11.3 Å². The third kappa shape index (κ3) is 3.89. The van der Waals surface area contributed by atoms with E-state index >= 15 is 0 Å². The van der Waals surface area contributed by atoms with Gasteiger partial charge in [-0.15, -0.1) is 0 Å². The van der Waals surface area contributed by atoms with Gasteiger partial charge in [0, 0.05) is 6.04 Å². The molecule has 0 bridgehead atoms. The molecule has 1 aliphatic carbocycles. The van der Waals surface area contributed by atoms with Crippen molar-refractivity contribution in [3.05, 3.63) is 0 Å². The van der Waals surface area contributed by atoms with Crippen molar-refractivity contribution in [2.45, 2.75) is 58.9 Å². The van der Waals surface area contributed by atoms with Gasteiger partial charge in [-0.1, -0.05) is 25.9 Å². The minimum absolute atomic E-state index is 0.00820. The molecule has 0 spiro atoms. The van der Waals surface area contributed by atoms with Crippen molar-refractivity contribution in [2.24, 2.45) is 22.2 Å². The number of hydrogen-bond donors (Lipinski definition) is 3. The summed E-state index contributed by atoms with van der Waals surface area (Å²) >= 11 is 0. The first-order chi connectivity index (χ1) is 8.39. The SMILES string of the molecule is CCC(C(=O)NC1CCC(C)(C)CC1)C(N)=NO. The van der Waals surface area contributed by atoms with Gasteiger partial charge in [0.15, 0.2) is 5.84 Å². The van der Waals surface area contributed by atoms with Crippen LogP contribution < -0.4 is 11.1 Å². The lowest BCUT2D eigenvalue weighted by Gasteiger charge is -2.35. The van der Waals surface area contributed by atoms with Crippen molar-refractivity contribution in [1.82, 2.24) is 5.32 Å². The first kappa shape index (κ1) is 14.8. The number of carbonyl (C=O) groups is 1. The molecule has 0 aliphatic heterocycles. The predicted octanol–water partition coefficient (Wildman–Crippen LogP) is 1.84. The van der Waals surface area contributed by atoms with Crippen LogP contribution in [0.3, 0.4) is 0 Å². The minimum Gasteiger partial charge on any atom is -0.409 e. The van der Waals surface area contributed by atoms with Gasteiger partial charge in [0.1, 0.15) is 0 Å². The van der Waals surface area contributed by atoms with Crippen molar-refractivity contribution in [3.8, 4) is 0 Å². The molecule has 0 radical (unpaired) electrons. The van der Waals surface area contributed by atoms with Crippen LogP contribution in [0.4, 0.5) is 0 Å². The van der Waals surface area contributed by atoms with Crippen LogP contribution in [0.15, 0.2) is 5.16 Å². The molecule has 0 aromatic carbocycles. The van der Waals surface area contributed by atoms with E-state index in [2.05, 4.69) is 24.3 Å². The van der Waals surface area contributed by atoms with Gasteiger partial charge in [0.2, 0.25) is 5.91 Å². The molecular weight excluding hydrogens is 230 g/mol. The maximum atomic E-state index is 12.0. The number of nitrogens with one attached hydrogen (secondary N) is 1. The summed E-state index contributed by atoms with van der Waals surface area (Å²) in [5.74, 6) is -0.659. The first-order valence-corrected chi connectivity index (χ1v) is 6.67. The molecule has 104 valence electrons. The highest BCUT2D eigenvalue weighted by Gasteiger charge is 2.29. The van der Waals surface area contributed by atoms with Crippen molar-refractivity contribution >= 4 is 11.7 Å². The summed E-state index contributed by atoms with van der Waals surface area (Å²) in [6.45, 7) is 6.37. The summed E-state index contributed by atoms with van der Waals surface area (Å²) in [5, 5.41) is 14.6. The number of oxime groups is 1. The lowest BCUT2D eigenvalue weighted by Crippen LogP contribution is -2.45. The quantitative estimate of drug-likeness (QED) is 0.310. The summed E-state index contributed by atoms with van der Waals surface area (Å²) in [6, 6.07) is 0.228. The Bertz CT molecular complexity index is 316. The van der Waals surface area contributed by atoms with Crippen molar-refractivity contribution in [2.75, 3.05) is 0 Å². The van der Waals surface area contributed by atoms with E-state index in [-0.39, 0.29) is 17.8 Å². The lowest BCUT2D eigenvalue weighted by atomic mass is 9.75. The van der Waals surface area contributed by atoms with Crippen LogP contribution in [-0.4, -0.2) is 23.0 Å². The Morgan fingerprint density at radius 1 is 1.50 bits per heavy atom. The fourth-order valence-electron chi connectivity index (χ4n) is 2.44. The van der Waals surface area contributed by atoms with E-state index in [4.69, 9.17) is 10.9 Å². The van der Waals surface area contributed by atoms with Crippen molar-refractivity contribution in [1.29, 1.82) is 0 Å². The van der Waals surface area contributed by atoms with Gasteiger partial charge in [-0.3, -0.25) is 4.79 Å². The van der Waals surface area contributed by atoms with Crippen LogP contribution in [0.1, 0.15) is 52.9 Å². The minimum atomic E-state index is -0.523. The molecule has 1 aliphatic rings. The maximum Gasteiger partial charge on any atom is 0.231 e. The number of amides is 1. The second-order valence-electron chi connectivity index (χ2n) is 5.93. The Morgan fingerprint density at radius 3 is 2.50 bits per heavy atom. The number of amidine groups is 1. The average Bonchev–Trinajstić information content (AvgIpc) is 2.32. The lowest BCUT2D eigenvalue weighted by molar-refractivity contribution is -0.124. The van der Waals surface area contributed by atoms with Crippen molar-refractivity contribution < 1.29 is 10.0 Å². The molecular formula is C13H25N3O2.